The minimum atomic E-state index is 0.0155. The smallest absolute Gasteiger partial charge is 0.258 e. The van der Waals surface area contributed by atoms with Crippen LogP contribution in [0.3, 0.4) is 0 Å². The van der Waals surface area contributed by atoms with Gasteiger partial charge in [-0.25, -0.2) is 4.98 Å². The number of piperidine rings is 1. The van der Waals surface area contributed by atoms with Crippen molar-refractivity contribution >= 4 is 16.3 Å². The lowest BCUT2D eigenvalue weighted by Gasteiger charge is -2.32. The summed E-state index contributed by atoms with van der Waals surface area (Å²) < 4.78 is 1.60. The van der Waals surface area contributed by atoms with Crippen LogP contribution in [-0.2, 0) is 6.54 Å². The molecule has 2 aromatic rings. The predicted octanol–water partition coefficient (Wildman–Crippen LogP) is 1.32. The summed E-state index contributed by atoms with van der Waals surface area (Å²) >= 11 is 1.50. The first kappa shape index (κ1) is 13.7. The Morgan fingerprint density at radius 3 is 3.25 bits per heavy atom. The van der Waals surface area contributed by atoms with Gasteiger partial charge in [-0.15, -0.1) is 11.3 Å². The van der Waals surface area contributed by atoms with E-state index in [2.05, 4.69) is 9.88 Å². The number of hydrogen-bond donors (Lipinski definition) is 1. The van der Waals surface area contributed by atoms with Crippen LogP contribution in [0.2, 0.25) is 0 Å². The molecule has 1 atom stereocenters. The average molecular weight is 292 g/mol. The standard InChI is InChI=1S/C14H20N4OS/c15-4-3-11-2-1-5-17(9-11)10-12-8-13(19)18-6-7-20-14(18)16-12/h6-8,11H,1-5,9-10,15H2. The molecule has 0 saturated carbocycles. The van der Waals surface area contributed by atoms with Gasteiger partial charge in [0.05, 0.1) is 5.69 Å². The zero-order valence-electron chi connectivity index (χ0n) is 11.5. The largest absolute Gasteiger partial charge is 0.330 e. The van der Waals surface area contributed by atoms with Crippen LogP contribution in [0.25, 0.3) is 4.96 Å². The summed E-state index contributed by atoms with van der Waals surface area (Å²) in [6.45, 7) is 3.69. The summed E-state index contributed by atoms with van der Waals surface area (Å²) in [5, 5.41) is 1.89. The van der Waals surface area contributed by atoms with Crippen molar-refractivity contribution in [3.63, 3.8) is 0 Å². The van der Waals surface area contributed by atoms with Crippen molar-refractivity contribution in [3.05, 3.63) is 33.7 Å². The third-order valence-corrected chi connectivity index (χ3v) is 4.68. The monoisotopic (exact) mass is 292 g/mol. The minimum absolute atomic E-state index is 0.0155. The fourth-order valence-electron chi connectivity index (χ4n) is 2.96. The maximum absolute atomic E-state index is 12.0. The number of rotatable bonds is 4. The number of nitrogens with zero attached hydrogens (tertiary/aromatic N) is 3. The van der Waals surface area contributed by atoms with Crippen LogP contribution in [0.4, 0.5) is 0 Å². The van der Waals surface area contributed by atoms with Gasteiger partial charge in [0.1, 0.15) is 0 Å². The van der Waals surface area contributed by atoms with Gasteiger partial charge in [0.25, 0.3) is 5.56 Å². The quantitative estimate of drug-likeness (QED) is 0.923. The van der Waals surface area contributed by atoms with Gasteiger partial charge in [0.2, 0.25) is 0 Å². The van der Waals surface area contributed by atoms with Crippen LogP contribution < -0.4 is 11.3 Å². The molecule has 2 N–H and O–H groups in total. The summed E-state index contributed by atoms with van der Waals surface area (Å²) in [7, 11) is 0. The molecule has 0 bridgehead atoms. The Hall–Kier alpha value is -1.24. The highest BCUT2D eigenvalue weighted by Crippen LogP contribution is 2.20. The highest BCUT2D eigenvalue weighted by molar-refractivity contribution is 7.15. The molecule has 0 radical (unpaired) electrons. The molecular formula is C14H20N4OS. The third-order valence-electron chi connectivity index (χ3n) is 3.92. The molecule has 3 heterocycles. The Morgan fingerprint density at radius 1 is 1.50 bits per heavy atom. The Bertz CT molecular complexity index is 633. The normalized spacial score (nSPS) is 20.6. The van der Waals surface area contributed by atoms with Gasteiger partial charge in [-0.1, -0.05) is 0 Å². The molecule has 1 fully saturated rings. The number of hydrogen-bond acceptors (Lipinski definition) is 5. The topological polar surface area (TPSA) is 63.6 Å². The fraction of sp³-hybridized carbons (Fsp3) is 0.571. The van der Waals surface area contributed by atoms with E-state index in [1.807, 2.05) is 5.38 Å². The molecule has 0 amide bonds. The summed E-state index contributed by atoms with van der Waals surface area (Å²) in [5.74, 6) is 0.695. The maximum atomic E-state index is 12.0. The van der Waals surface area contributed by atoms with Gasteiger partial charge in [-0.2, -0.15) is 0 Å². The molecule has 1 aliphatic heterocycles. The van der Waals surface area contributed by atoms with E-state index in [4.69, 9.17) is 5.73 Å². The van der Waals surface area contributed by atoms with E-state index >= 15 is 0 Å². The minimum Gasteiger partial charge on any atom is -0.330 e. The molecule has 0 aliphatic carbocycles. The molecule has 1 saturated heterocycles. The number of thiazole rings is 1. The van der Waals surface area contributed by atoms with Gasteiger partial charge >= 0.3 is 0 Å². The van der Waals surface area contributed by atoms with Gasteiger partial charge in [0.15, 0.2) is 4.96 Å². The molecule has 0 spiro atoms. The highest BCUT2D eigenvalue weighted by atomic mass is 32.1. The lowest BCUT2D eigenvalue weighted by molar-refractivity contribution is 0.161. The van der Waals surface area contributed by atoms with Crippen LogP contribution in [0.1, 0.15) is 25.0 Å². The van der Waals surface area contributed by atoms with Crippen LogP contribution >= 0.6 is 11.3 Å². The van der Waals surface area contributed by atoms with Crippen molar-refractivity contribution in [1.82, 2.24) is 14.3 Å². The summed E-state index contributed by atoms with van der Waals surface area (Å²) in [5.41, 5.74) is 6.55. The first-order valence-electron chi connectivity index (χ1n) is 7.14. The second-order valence-electron chi connectivity index (χ2n) is 5.46. The second-order valence-corrected chi connectivity index (χ2v) is 6.34. The van der Waals surface area contributed by atoms with Crippen molar-refractivity contribution in [2.75, 3.05) is 19.6 Å². The predicted molar refractivity (Wildman–Crippen MR) is 81.0 cm³/mol. The van der Waals surface area contributed by atoms with E-state index in [0.717, 1.165) is 43.3 Å². The third kappa shape index (κ3) is 2.92. The molecular weight excluding hydrogens is 272 g/mol. The number of fused-ring (bicyclic) bond motifs is 1. The van der Waals surface area contributed by atoms with E-state index in [0.29, 0.717) is 5.92 Å². The van der Waals surface area contributed by atoms with E-state index in [1.165, 1.54) is 24.2 Å². The Balaban J connectivity index is 1.73. The van der Waals surface area contributed by atoms with Crippen LogP contribution in [-0.4, -0.2) is 33.9 Å². The Kier molecular flexibility index (Phi) is 4.14. The molecule has 108 valence electrons. The molecule has 0 aromatic carbocycles. The molecule has 1 unspecified atom stereocenters. The lowest BCUT2D eigenvalue weighted by Crippen LogP contribution is -2.36. The first-order chi connectivity index (χ1) is 9.76. The Labute approximate surface area is 122 Å². The molecule has 1 aliphatic rings. The Morgan fingerprint density at radius 2 is 2.40 bits per heavy atom. The summed E-state index contributed by atoms with van der Waals surface area (Å²) in [6.07, 6.45) is 5.35. The lowest BCUT2D eigenvalue weighted by atomic mass is 9.95. The van der Waals surface area contributed by atoms with Crippen molar-refractivity contribution in [3.8, 4) is 0 Å². The molecule has 20 heavy (non-hydrogen) atoms. The molecule has 2 aromatic heterocycles. The highest BCUT2D eigenvalue weighted by Gasteiger charge is 2.20. The zero-order valence-corrected chi connectivity index (χ0v) is 12.3. The maximum Gasteiger partial charge on any atom is 0.258 e. The van der Waals surface area contributed by atoms with Crippen molar-refractivity contribution in [1.29, 1.82) is 0 Å². The van der Waals surface area contributed by atoms with E-state index in [-0.39, 0.29) is 5.56 Å². The van der Waals surface area contributed by atoms with Gasteiger partial charge < -0.3 is 5.73 Å². The summed E-state index contributed by atoms with van der Waals surface area (Å²) in [4.78, 5) is 19.7. The van der Waals surface area contributed by atoms with E-state index in [9.17, 15) is 4.79 Å². The number of nitrogens with two attached hydrogens (primary N) is 1. The zero-order chi connectivity index (χ0) is 13.9. The molecule has 3 rings (SSSR count). The van der Waals surface area contributed by atoms with Crippen LogP contribution in [0, 0.1) is 5.92 Å². The van der Waals surface area contributed by atoms with Crippen molar-refractivity contribution < 1.29 is 0 Å². The van der Waals surface area contributed by atoms with E-state index in [1.54, 1.807) is 16.7 Å². The number of likely N-dealkylation sites (tertiary alicyclic amines) is 1. The second kappa shape index (κ2) is 6.03. The summed E-state index contributed by atoms with van der Waals surface area (Å²) in [6, 6.07) is 1.66. The van der Waals surface area contributed by atoms with Gasteiger partial charge in [-0.3, -0.25) is 14.1 Å². The van der Waals surface area contributed by atoms with Crippen molar-refractivity contribution in [2.45, 2.75) is 25.8 Å². The molecule has 6 heteroatoms. The van der Waals surface area contributed by atoms with Gasteiger partial charge in [-0.05, 0) is 38.3 Å². The first-order valence-corrected chi connectivity index (χ1v) is 8.02. The van der Waals surface area contributed by atoms with Crippen molar-refractivity contribution in [2.24, 2.45) is 11.7 Å². The molecule has 5 nitrogen and oxygen atoms in total. The average Bonchev–Trinajstić information content (AvgIpc) is 2.88. The van der Waals surface area contributed by atoms with Crippen LogP contribution in [0.5, 0.6) is 0 Å². The van der Waals surface area contributed by atoms with Crippen LogP contribution in [0.15, 0.2) is 22.4 Å². The fourth-order valence-corrected chi connectivity index (χ4v) is 3.70. The number of aromatic nitrogens is 2. The van der Waals surface area contributed by atoms with Gasteiger partial charge in [0, 0.05) is 30.7 Å². The van der Waals surface area contributed by atoms with E-state index < -0.39 is 0 Å². The SMILES string of the molecule is NCCC1CCCN(Cc2cc(=O)n3ccsc3n2)C1.